The molecule has 1 aromatic heterocycles. The Hall–Kier alpha value is -4.55. The highest BCUT2D eigenvalue weighted by Crippen LogP contribution is 2.34. The summed E-state index contributed by atoms with van der Waals surface area (Å²) in [5, 5.41) is 11.5. The summed E-state index contributed by atoms with van der Waals surface area (Å²) >= 11 is 0. The molecular weight excluding hydrogens is 411 g/mol. The minimum atomic E-state index is 0.697. The summed E-state index contributed by atoms with van der Waals surface area (Å²) in [4.78, 5) is 0. The highest BCUT2D eigenvalue weighted by molar-refractivity contribution is 6.67. The third-order valence-electron chi connectivity index (χ3n) is 6.47. The number of benzene rings is 5. The van der Waals surface area contributed by atoms with E-state index >= 15 is 0 Å². The van der Waals surface area contributed by atoms with Crippen LogP contribution in [-0.4, -0.2) is 11.8 Å². The van der Waals surface area contributed by atoms with E-state index in [4.69, 9.17) is 5.26 Å². The maximum Gasteiger partial charge on any atom is 0.192 e. The zero-order valence-corrected chi connectivity index (χ0v) is 18.6. The van der Waals surface area contributed by atoms with Crippen molar-refractivity contribution in [2.24, 2.45) is 0 Å². The lowest BCUT2D eigenvalue weighted by Crippen LogP contribution is -2.26. The summed E-state index contributed by atoms with van der Waals surface area (Å²) in [5.41, 5.74) is 9.21. The van der Waals surface area contributed by atoms with Crippen LogP contribution in [0, 0.1) is 11.3 Å². The minimum Gasteiger partial charge on any atom is -0.309 e. The quantitative estimate of drug-likeness (QED) is 0.328. The minimum absolute atomic E-state index is 0.697. The zero-order chi connectivity index (χ0) is 22.9. The zero-order valence-electron chi connectivity index (χ0n) is 18.6. The van der Waals surface area contributed by atoms with E-state index in [-0.39, 0.29) is 0 Å². The molecule has 3 heteroatoms. The molecule has 6 rings (SSSR count). The summed E-state index contributed by atoms with van der Waals surface area (Å²) < 4.78 is 2.34. The van der Waals surface area contributed by atoms with E-state index in [0.29, 0.717) is 5.56 Å². The molecule has 0 N–H and O–H groups in total. The van der Waals surface area contributed by atoms with Gasteiger partial charge in [-0.25, -0.2) is 0 Å². The van der Waals surface area contributed by atoms with Gasteiger partial charge >= 0.3 is 0 Å². The van der Waals surface area contributed by atoms with Crippen molar-refractivity contribution < 1.29 is 0 Å². The number of fused-ring (bicyclic) bond motifs is 3. The summed E-state index contributed by atoms with van der Waals surface area (Å²) in [5.74, 6) is 0. The molecule has 0 radical (unpaired) electrons. The summed E-state index contributed by atoms with van der Waals surface area (Å²) in [6.45, 7) is 0. The lowest BCUT2D eigenvalue weighted by atomic mass is 9.64. The first-order chi connectivity index (χ1) is 16.8. The summed E-state index contributed by atoms with van der Waals surface area (Å²) in [6, 6.07) is 44.7. The lowest BCUT2D eigenvalue weighted by Gasteiger charge is -2.08. The van der Waals surface area contributed by atoms with Crippen molar-refractivity contribution in [2.75, 3.05) is 0 Å². The van der Waals surface area contributed by atoms with Gasteiger partial charge in [-0.3, -0.25) is 0 Å². The Balaban J connectivity index is 1.38. The average molecular weight is 432 g/mol. The maximum absolute atomic E-state index is 8.99. The van der Waals surface area contributed by atoms with Crippen molar-refractivity contribution in [3.05, 3.63) is 127 Å². The topological polar surface area (TPSA) is 28.7 Å². The van der Waals surface area contributed by atoms with Gasteiger partial charge in [-0.1, -0.05) is 89.8 Å². The Morgan fingerprint density at radius 3 is 1.91 bits per heavy atom. The van der Waals surface area contributed by atoms with Crippen molar-refractivity contribution in [1.29, 1.82) is 5.26 Å². The second kappa shape index (κ2) is 8.43. The first kappa shape index (κ1) is 20.1. The largest absolute Gasteiger partial charge is 0.309 e. The van der Waals surface area contributed by atoms with Crippen LogP contribution >= 0.6 is 0 Å². The SMILES string of the molecule is N#Cc1ccc(Bc2ccc(-c3ccc4c(c3)c3ccccc3n4-c3ccccc3)cc2)cc1. The van der Waals surface area contributed by atoms with E-state index in [9.17, 15) is 0 Å². The number of para-hydroxylation sites is 2. The second-order valence-corrected chi connectivity index (χ2v) is 8.60. The van der Waals surface area contributed by atoms with Crippen molar-refractivity contribution in [3.63, 3.8) is 0 Å². The molecule has 158 valence electrons. The van der Waals surface area contributed by atoms with Crippen molar-refractivity contribution in [1.82, 2.24) is 4.57 Å². The lowest BCUT2D eigenvalue weighted by molar-refractivity contribution is 1.18. The highest BCUT2D eigenvalue weighted by Gasteiger charge is 2.13. The molecule has 0 bridgehead atoms. The number of hydrogen-bond donors (Lipinski definition) is 0. The predicted octanol–water partition coefficient (Wildman–Crippen LogP) is 5.71. The Kier molecular flexibility index (Phi) is 4.98. The van der Waals surface area contributed by atoms with Crippen LogP contribution in [0.2, 0.25) is 0 Å². The first-order valence-corrected chi connectivity index (χ1v) is 11.5. The third kappa shape index (κ3) is 3.56. The van der Waals surface area contributed by atoms with Crippen LogP contribution in [0.25, 0.3) is 38.6 Å². The van der Waals surface area contributed by atoms with Crippen LogP contribution in [0.1, 0.15) is 5.56 Å². The molecule has 1 heterocycles. The standard InChI is InChI=1S/C31H21BN2/c33-21-22-10-15-25(16-11-22)32-26-17-12-23(13-18-26)24-14-19-31-29(20-24)28-8-4-5-9-30(28)34(31)27-6-2-1-3-7-27/h1-20,32H. The molecule has 0 amide bonds. The van der Waals surface area contributed by atoms with Gasteiger partial charge in [-0.05, 0) is 53.6 Å². The molecule has 5 aromatic carbocycles. The molecule has 34 heavy (non-hydrogen) atoms. The summed E-state index contributed by atoms with van der Waals surface area (Å²) in [6.07, 6.45) is 0. The molecule has 6 aromatic rings. The fourth-order valence-corrected chi connectivity index (χ4v) is 4.76. The second-order valence-electron chi connectivity index (χ2n) is 8.60. The van der Waals surface area contributed by atoms with E-state index in [1.54, 1.807) is 0 Å². The Bertz CT molecular complexity index is 1660. The van der Waals surface area contributed by atoms with Gasteiger partial charge in [0.15, 0.2) is 7.28 Å². The third-order valence-corrected chi connectivity index (χ3v) is 6.47. The normalized spacial score (nSPS) is 10.9. The van der Waals surface area contributed by atoms with Crippen LogP contribution in [0.15, 0.2) is 121 Å². The highest BCUT2D eigenvalue weighted by atomic mass is 15.0. The van der Waals surface area contributed by atoms with Crippen LogP contribution < -0.4 is 10.9 Å². The monoisotopic (exact) mass is 432 g/mol. The first-order valence-electron chi connectivity index (χ1n) is 11.5. The fourth-order valence-electron chi connectivity index (χ4n) is 4.76. The molecule has 0 saturated carbocycles. The van der Waals surface area contributed by atoms with Gasteiger partial charge in [0.25, 0.3) is 0 Å². The van der Waals surface area contributed by atoms with Gasteiger partial charge in [-0.2, -0.15) is 5.26 Å². The van der Waals surface area contributed by atoms with Crippen LogP contribution in [-0.2, 0) is 0 Å². The van der Waals surface area contributed by atoms with Gasteiger partial charge in [0.05, 0.1) is 22.7 Å². The summed E-state index contributed by atoms with van der Waals surface area (Å²) in [7, 11) is 0.857. The van der Waals surface area contributed by atoms with Crippen molar-refractivity contribution in [3.8, 4) is 22.9 Å². The van der Waals surface area contributed by atoms with Crippen molar-refractivity contribution >= 4 is 40.0 Å². The number of nitrogens with zero attached hydrogens (tertiary/aromatic N) is 2. The van der Waals surface area contributed by atoms with Crippen LogP contribution in [0.5, 0.6) is 0 Å². The average Bonchev–Trinajstić information content (AvgIpc) is 3.24. The molecule has 0 spiro atoms. The molecule has 0 aliphatic carbocycles. The van der Waals surface area contributed by atoms with Gasteiger partial charge in [0, 0.05) is 16.5 Å². The van der Waals surface area contributed by atoms with E-state index < -0.39 is 0 Å². The fraction of sp³-hybridized carbons (Fsp3) is 0. The molecule has 0 aliphatic rings. The number of aromatic nitrogens is 1. The molecule has 0 unspecified atom stereocenters. The van der Waals surface area contributed by atoms with Crippen LogP contribution in [0.4, 0.5) is 0 Å². The van der Waals surface area contributed by atoms with E-state index in [0.717, 1.165) is 7.28 Å². The smallest absolute Gasteiger partial charge is 0.192 e. The Morgan fingerprint density at radius 2 is 1.18 bits per heavy atom. The van der Waals surface area contributed by atoms with E-state index in [1.165, 1.54) is 49.5 Å². The van der Waals surface area contributed by atoms with E-state index in [1.807, 2.05) is 24.3 Å². The van der Waals surface area contributed by atoms with Crippen molar-refractivity contribution in [2.45, 2.75) is 0 Å². The molecule has 0 saturated heterocycles. The van der Waals surface area contributed by atoms with Gasteiger partial charge in [0.2, 0.25) is 0 Å². The molecule has 0 fully saturated rings. The number of hydrogen-bond acceptors (Lipinski definition) is 1. The van der Waals surface area contributed by atoms with Crippen LogP contribution in [0.3, 0.4) is 0 Å². The molecule has 0 atom stereocenters. The maximum atomic E-state index is 8.99. The van der Waals surface area contributed by atoms with E-state index in [2.05, 4.69) is 108 Å². The number of nitriles is 1. The predicted molar refractivity (Wildman–Crippen MR) is 144 cm³/mol. The molecular formula is C31H21BN2. The number of rotatable bonds is 4. The molecule has 2 nitrogen and oxygen atoms in total. The molecule has 0 aliphatic heterocycles. The van der Waals surface area contributed by atoms with Gasteiger partial charge < -0.3 is 4.57 Å². The Labute approximate surface area is 199 Å². The van der Waals surface area contributed by atoms with Gasteiger partial charge in [0.1, 0.15) is 0 Å². The Morgan fingerprint density at radius 1 is 0.559 bits per heavy atom. The van der Waals surface area contributed by atoms with Gasteiger partial charge in [-0.15, -0.1) is 0 Å².